The number of aliphatic hydroxyl groups is 4. The smallest absolute Gasteiger partial charge is 0.0570 e. The molecule has 0 aliphatic heterocycles. The highest BCUT2D eigenvalue weighted by Crippen LogP contribution is 2.47. The Balaban J connectivity index is 2.10. The van der Waals surface area contributed by atoms with Crippen LogP contribution in [0.5, 0.6) is 0 Å². The van der Waals surface area contributed by atoms with Crippen molar-refractivity contribution in [3.05, 3.63) is 0 Å². The molecule has 2 rings (SSSR count). The van der Waals surface area contributed by atoms with Gasteiger partial charge in [-0.3, -0.25) is 0 Å². The lowest BCUT2D eigenvalue weighted by Gasteiger charge is -2.47. The van der Waals surface area contributed by atoms with Crippen molar-refractivity contribution >= 4 is 0 Å². The van der Waals surface area contributed by atoms with E-state index in [4.69, 9.17) is 0 Å². The molecule has 4 nitrogen and oxygen atoms in total. The summed E-state index contributed by atoms with van der Waals surface area (Å²) in [7, 11) is 0. The molecule has 0 radical (unpaired) electrons. The first-order chi connectivity index (χ1) is 6.99. The van der Waals surface area contributed by atoms with E-state index < -0.39 is 24.4 Å². The molecule has 2 aliphatic carbocycles. The van der Waals surface area contributed by atoms with Gasteiger partial charge in [0.05, 0.1) is 24.4 Å². The summed E-state index contributed by atoms with van der Waals surface area (Å²) in [6.07, 6.45) is 1.25. The molecule has 0 saturated heterocycles. The van der Waals surface area contributed by atoms with Crippen molar-refractivity contribution in [1.82, 2.24) is 0 Å². The Labute approximate surface area is 89.6 Å². The van der Waals surface area contributed by atoms with E-state index in [9.17, 15) is 20.4 Å². The Bertz CT molecular complexity index is 183. The molecule has 0 aromatic rings. The Kier molecular flexibility index (Phi) is 3.03. The Morgan fingerprint density at radius 3 is 1.13 bits per heavy atom. The maximum absolute atomic E-state index is 9.65. The largest absolute Gasteiger partial charge is 0.393 e. The molecule has 15 heavy (non-hydrogen) atoms. The fraction of sp³-hybridized carbons (Fsp3) is 1.00. The van der Waals surface area contributed by atoms with Gasteiger partial charge in [-0.25, -0.2) is 0 Å². The van der Waals surface area contributed by atoms with Gasteiger partial charge >= 0.3 is 0 Å². The molecule has 0 aromatic heterocycles. The van der Waals surface area contributed by atoms with Crippen LogP contribution >= 0.6 is 0 Å². The van der Waals surface area contributed by atoms with Crippen molar-refractivity contribution in [2.24, 2.45) is 5.41 Å². The summed E-state index contributed by atoms with van der Waals surface area (Å²) in [5.41, 5.74) is -0.256. The summed E-state index contributed by atoms with van der Waals surface area (Å²) < 4.78 is 0. The Morgan fingerprint density at radius 1 is 0.600 bits per heavy atom. The van der Waals surface area contributed by atoms with E-state index in [1.54, 1.807) is 0 Å². The van der Waals surface area contributed by atoms with Crippen molar-refractivity contribution in [2.75, 3.05) is 0 Å². The normalized spacial score (nSPS) is 52.0. The van der Waals surface area contributed by atoms with Gasteiger partial charge in [-0.05, 0) is 43.9 Å². The second-order valence-corrected chi connectivity index (χ2v) is 5.40. The summed E-state index contributed by atoms with van der Waals surface area (Å²) in [6, 6.07) is 0. The second kappa shape index (κ2) is 4.01. The van der Waals surface area contributed by atoms with Crippen LogP contribution in [0.25, 0.3) is 0 Å². The van der Waals surface area contributed by atoms with Crippen LogP contribution in [0.15, 0.2) is 0 Å². The Hall–Kier alpha value is -0.160. The van der Waals surface area contributed by atoms with Crippen molar-refractivity contribution in [1.29, 1.82) is 0 Å². The zero-order valence-electron chi connectivity index (χ0n) is 8.84. The van der Waals surface area contributed by atoms with E-state index >= 15 is 0 Å². The van der Waals surface area contributed by atoms with E-state index in [0.717, 1.165) is 0 Å². The maximum atomic E-state index is 9.65. The van der Waals surface area contributed by atoms with Crippen LogP contribution in [0.1, 0.15) is 38.5 Å². The molecule has 0 heterocycles. The van der Waals surface area contributed by atoms with Crippen molar-refractivity contribution < 1.29 is 20.4 Å². The number of hydrogen-bond acceptors (Lipinski definition) is 4. The quantitative estimate of drug-likeness (QED) is 0.451. The van der Waals surface area contributed by atoms with Gasteiger partial charge in [0, 0.05) is 0 Å². The van der Waals surface area contributed by atoms with E-state index in [1.165, 1.54) is 0 Å². The minimum Gasteiger partial charge on any atom is -0.393 e. The Morgan fingerprint density at radius 2 is 0.867 bits per heavy atom. The lowest BCUT2D eigenvalue weighted by atomic mass is 9.62. The zero-order chi connectivity index (χ0) is 11.1. The molecule has 2 aliphatic rings. The van der Waals surface area contributed by atoms with Crippen molar-refractivity contribution in [3.63, 3.8) is 0 Å². The summed E-state index contributed by atoms with van der Waals surface area (Å²) in [5, 5.41) is 38.6. The van der Waals surface area contributed by atoms with Gasteiger partial charge in [-0.2, -0.15) is 0 Å². The highest BCUT2D eigenvalue weighted by Gasteiger charge is 2.45. The van der Waals surface area contributed by atoms with Crippen LogP contribution in [0, 0.1) is 5.41 Å². The maximum Gasteiger partial charge on any atom is 0.0570 e. The molecule has 4 atom stereocenters. The second-order valence-electron chi connectivity index (χ2n) is 5.40. The molecular formula is C11H20O4. The minimum absolute atomic E-state index is 0.256. The van der Waals surface area contributed by atoms with E-state index in [1.807, 2.05) is 0 Å². The van der Waals surface area contributed by atoms with E-state index in [2.05, 4.69) is 0 Å². The summed E-state index contributed by atoms with van der Waals surface area (Å²) >= 11 is 0. The van der Waals surface area contributed by atoms with Gasteiger partial charge in [-0.1, -0.05) is 0 Å². The highest BCUT2D eigenvalue weighted by atomic mass is 16.3. The molecular weight excluding hydrogens is 196 g/mol. The van der Waals surface area contributed by atoms with Gasteiger partial charge in [-0.15, -0.1) is 0 Å². The lowest BCUT2D eigenvalue weighted by molar-refractivity contribution is -0.0969. The van der Waals surface area contributed by atoms with Gasteiger partial charge in [0.25, 0.3) is 0 Å². The van der Waals surface area contributed by atoms with E-state index in [0.29, 0.717) is 38.5 Å². The van der Waals surface area contributed by atoms with Crippen molar-refractivity contribution in [2.45, 2.75) is 62.9 Å². The van der Waals surface area contributed by atoms with Gasteiger partial charge in [0.2, 0.25) is 0 Å². The predicted molar refractivity (Wildman–Crippen MR) is 54.2 cm³/mol. The summed E-state index contributed by atoms with van der Waals surface area (Å²) in [4.78, 5) is 0. The van der Waals surface area contributed by atoms with Gasteiger partial charge in [0.1, 0.15) is 0 Å². The van der Waals surface area contributed by atoms with Gasteiger partial charge < -0.3 is 20.4 Å². The molecule has 88 valence electrons. The summed E-state index contributed by atoms with van der Waals surface area (Å²) in [6.45, 7) is 0. The topological polar surface area (TPSA) is 80.9 Å². The van der Waals surface area contributed by atoms with Crippen LogP contribution in [0.3, 0.4) is 0 Å². The average molecular weight is 216 g/mol. The van der Waals surface area contributed by atoms with E-state index in [-0.39, 0.29) is 5.41 Å². The number of aliphatic hydroxyl groups excluding tert-OH is 4. The lowest BCUT2D eigenvalue weighted by Crippen LogP contribution is -2.46. The fourth-order valence-electron chi connectivity index (χ4n) is 3.46. The average Bonchev–Trinajstić information content (AvgIpc) is 1.96. The third-order valence-electron chi connectivity index (χ3n) is 3.76. The van der Waals surface area contributed by atoms with Gasteiger partial charge in [0.15, 0.2) is 0 Å². The molecule has 1 spiro atoms. The third-order valence-corrected chi connectivity index (χ3v) is 3.76. The first-order valence-corrected chi connectivity index (χ1v) is 5.71. The molecule has 4 heteroatoms. The number of rotatable bonds is 0. The van der Waals surface area contributed by atoms with Crippen LogP contribution in [-0.2, 0) is 0 Å². The molecule has 4 unspecified atom stereocenters. The zero-order valence-corrected chi connectivity index (χ0v) is 8.84. The minimum atomic E-state index is -0.494. The monoisotopic (exact) mass is 216 g/mol. The first-order valence-electron chi connectivity index (χ1n) is 5.71. The molecule has 0 aromatic carbocycles. The number of hydrogen-bond donors (Lipinski definition) is 4. The molecule has 0 amide bonds. The molecule has 2 saturated carbocycles. The standard InChI is InChI=1S/C11H20O4/c12-7-1-8(13)4-11(3-7)5-9(14)2-10(15)6-11/h7-10,12-15H,1-6H2. The van der Waals surface area contributed by atoms with Crippen LogP contribution in [0.2, 0.25) is 0 Å². The van der Waals surface area contributed by atoms with Crippen LogP contribution < -0.4 is 0 Å². The van der Waals surface area contributed by atoms with Crippen LogP contribution in [-0.4, -0.2) is 44.8 Å². The molecule has 4 N–H and O–H groups in total. The van der Waals surface area contributed by atoms with Crippen molar-refractivity contribution in [3.8, 4) is 0 Å². The fourth-order valence-corrected chi connectivity index (χ4v) is 3.46. The predicted octanol–water partition coefficient (Wildman–Crippen LogP) is -0.216. The third kappa shape index (κ3) is 2.50. The molecule has 2 fully saturated rings. The molecule has 0 bridgehead atoms. The first kappa shape index (κ1) is 11.3. The summed E-state index contributed by atoms with van der Waals surface area (Å²) in [5.74, 6) is 0. The van der Waals surface area contributed by atoms with Crippen LogP contribution in [0.4, 0.5) is 0 Å². The highest BCUT2D eigenvalue weighted by molar-refractivity contribution is 4.96. The SMILES string of the molecule is OC1CC(O)CC2(C1)CC(O)CC(O)C2.